The fraction of sp³-hybridized carbons (Fsp3) is 0.462. The zero-order valence-corrected chi connectivity index (χ0v) is 12.7. The summed E-state index contributed by atoms with van der Waals surface area (Å²) in [6, 6.07) is 6.88. The van der Waals surface area contributed by atoms with Gasteiger partial charge in [-0.3, -0.25) is 4.79 Å². The molecule has 8 heteroatoms. The lowest BCUT2D eigenvalue weighted by atomic mass is 10.3. The monoisotopic (exact) mass is 316 g/mol. The van der Waals surface area contributed by atoms with Crippen LogP contribution in [-0.4, -0.2) is 40.4 Å². The molecule has 0 atom stereocenters. The summed E-state index contributed by atoms with van der Waals surface area (Å²) in [4.78, 5) is 10.9. The molecule has 118 valence electrons. The Bertz CT molecular complexity index is 559. The van der Waals surface area contributed by atoms with Crippen LogP contribution in [-0.2, 0) is 19.6 Å². The Morgan fingerprint density at radius 2 is 2.14 bits per heavy atom. The summed E-state index contributed by atoms with van der Waals surface area (Å²) in [6.07, 6.45) is 0.301. The maximum absolute atomic E-state index is 11.6. The van der Waals surface area contributed by atoms with E-state index in [2.05, 4.69) is 9.46 Å². The molecule has 0 spiro atoms. The minimum absolute atomic E-state index is 0.0806. The molecule has 0 bridgehead atoms. The van der Waals surface area contributed by atoms with E-state index in [4.69, 9.17) is 10.5 Å². The molecule has 0 fully saturated rings. The number of carbonyl (C=O) groups is 1. The summed E-state index contributed by atoms with van der Waals surface area (Å²) < 4.78 is 35.5. The molecule has 1 aromatic rings. The maximum atomic E-state index is 11.6. The van der Waals surface area contributed by atoms with Gasteiger partial charge in [0, 0.05) is 24.7 Å². The molecular weight excluding hydrogens is 296 g/mol. The second-order valence-corrected chi connectivity index (χ2v) is 6.24. The molecule has 0 aliphatic rings. The highest BCUT2D eigenvalue weighted by Crippen LogP contribution is 2.13. The summed E-state index contributed by atoms with van der Waals surface area (Å²) in [6.45, 7) is 0.342. The number of nitrogens with two attached hydrogens (primary N) is 1. The molecule has 1 aromatic carbocycles. The molecule has 1 rings (SSSR count). The Labute approximate surface area is 124 Å². The van der Waals surface area contributed by atoms with Gasteiger partial charge in [-0.1, -0.05) is 6.07 Å². The Balaban J connectivity index is 2.23. The predicted molar refractivity (Wildman–Crippen MR) is 79.4 cm³/mol. The van der Waals surface area contributed by atoms with Gasteiger partial charge < -0.3 is 15.2 Å². The van der Waals surface area contributed by atoms with Crippen LogP contribution in [0.5, 0.6) is 5.75 Å². The van der Waals surface area contributed by atoms with Crippen molar-refractivity contribution in [2.75, 3.05) is 31.7 Å². The van der Waals surface area contributed by atoms with E-state index in [1.807, 2.05) is 0 Å². The van der Waals surface area contributed by atoms with Gasteiger partial charge >= 0.3 is 5.97 Å². The van der Waals surface area contributed by atoms with Crippen LogP contribution in [0.25, 0.3) is 0 Å². The first-order valence-electron chi connectivity index (χ1n) is 6.45. The third-order valence-electron chi connectivity index (χ3n) is 2.57. The van der Waals surface area contributed by atoms with E-state index >= 15 is 0 Å². The van der Waals surface area contributed by atoms with Crippen molar-refractivity contribution < 1.29 is 22.7 Å². The number of benzene rings is 1. The number of carbonyl (C=O) groups excluding carboxylic acids is 1. The van der Waals surface area contributed by atoms with E-state index in [0.29, 0.717) is 11.4 Å². The van der Waals surface area contributed by atoms with E-state index in [9.17, 15) is 13.2 Å². The van der Waals surface area contributed by atoms with Crippen LogP contribution in [0, 0.1) is 0 Å². The van der Waals surface area contributed by atoms with Crippen LogP contribution in [0.4, 0.5) is 5.69 Å². The summed E-state index contributed by atoms with van der Waals surface area (Å²) in [5.74, 6) is 0.0375. The van der Waals surface area contributed by atoms with E-state index < -0.39 is 16.0 Å². The average Bonchev–Trinajstić information content (AvgIpc) is 2.43. The number of nitrogens with one attached hydrogen (secondary N) is 1. The fourth-order valence-corrected chi connectivity index (χ4v) is 2.61. The van der Waals surface area contributed by atoms with Crippen molar-refractivity contribution in [3.8, 4) is 5.75 Å². The van der Waals surface area contributed by atoms with Gasteiger partial charge in [-0.25, -0.2) is 13.1 Å². The van der Waals surface area contributed by atoms with Crippen molar-refractivity contribution >= 4 is 21.7 Å². The van der Waals surface area contributed by atoms with Crippen LogP contribution >= 0.6 is 0 Å². The molecule has 0 aliphatic carbocycles. The largest absolute Gasteiger partial charge is 0.492 e. The standard InChI is InChI=1S/C13H20N2O5S/c1-19-13(16)6-3-9-21(17,18)15-7-8-20-12-5-2-4-11(14)10-12/h2,4-5,10,15H,3,6-9,14H2,1H3. The quantitative estimate of drug-likeness (QED) is 0.391. The summed E-state index contributed by atoms with van der Waals surface area (Å²) in [7, 11) is -2.14. The van der Waals surface area contributed by atoms with Crippen LogP contribution in [0.3, 0.4) is 0 Å². The average molecular weight is 316 g/mol. The van der Waals surface area contributed by atoms with Crippen molar-refractivity contribution in [3.05, 3.63) is 24.3 Å². The fourth-order valence-electron chi connectivity index (χ4n) is 1.55. The zero-order valence-electron chi connectivity index (χ0n) is 11.9. The van der Waals surface area contributed by atoms with Crippen LogP contribution in [0.15, 0.2) is 24.3 Å². The Morgan fingerprint density at radius 1 is 1.38 bits per heavy atom. The maximum Gasteiger partial charge on any atom is 0.305 e. The second-order valence-electron chi connectivity index (χ2n) is 4.31. The number of hydrogen-bond donors (Lipinski definition) is 2. The lowest BCUT2D eigenvalue weighted by molar-refractivity contribution is -0.140. The zero-order chi connectivity index (χ0) is 15.7. The third kappa shape index (κ3) is 7.52. The van der Waals surface area contributed by atoms with E-state index in [1.165, 1.54) is 7.11 Å². The van der Waals surface area contributed by atoms with Gasteiger partial charge in [0.05, 0.1) is 12.9 Å². The summed E-state index contributed by atoms with van der Waals surface area (Å²) in [5, 5.41) is 0. The van der Waals surface area contributed by atoms with Crippen LogP contribution < -0.4 is 15.2 Å². The number of hydrogen-bond acceptors (Lipinski definition) is 6. The van der Waals surface area contributed by atoms with E-state index in [1.54, 1.807) is 24.3 Å². The first kappa shape index (κ1) is 17.3. The molecule has 0 saturated carbocycles. The summed E-state index contributed by atoms with van der Waals surface area (Å²) in [5.41, 5.74) is 6.17. The number of esters is 1. The molecule has 0 amide bonds. The smallest absolute Gasteiger partial charge is 0.305 e. The molecule has 0 aromatic heterocycles. The predicted octanol–water partition coefficient (Wildman–Crippen LogP) is 0.520. The molecule has 3 N–H and O–H groups in total. The third-order valence-corrected chi connectivity index (χ3v) is 4.04. The molecule has 7 nitrogen and oxygen atoms in total. The molecule has 0 saturated heterocycles. The lowest BCUT2D eigenvalue weighted by Crippen LogP contribution is -2.30. The first-order chi connectivity index (χ1) is 9.93. The van der Waals surface area contributed by atoms with Crippen molar-refractivity contribution in [2.24, 2.45) is 0 Å². The van der Waals surface area contributed by atoms with Crippen molar-refractivity contribution in [3.63, 3.8) is 0 Å². The van der Waals surface area contributed by atoms with Gasteiger partial charge in [0.2, 0.25) is 10.0 Å². The molecule has 0 heterocycles. The highest BCUT2D eigenvalue weighted by Gasteiger charge is 2.11. The topological polar surface area (TPSA) is 108 Å². The number of sulfonamides is 1. The normalized spacial score (nSPS) is 11.1. The minimum Gasteiger partial charge on any atom is -0.492 e. The van der Waals surface area contributed by atoms with Gasteiger partial charge in [-0.2, -0.15) is 0 Å². The molecule has 0 radical (unpaired) electrons. The number of anilines is 1. The van der Waals surface area contributed by atoms with Gasteiger partial charge in [0.15, 0.2) is 0 Å². The highest BCUT2D eigenvalue weighted by molar-refractivity contribution is 7.89. The Kier molecular flexibility index (Phi) is 6.97. The van der Waals surface area contributed by atoms with Crippen LogP contribution in [0.1, 0.15) is 12.8 Å². The lowest BCUT2D eigenvalue weighted by Gasteiger charge is -2.08. The van der Waals surface area contributed by atoms with Gasteiger partial charge in [0.1, 0.15) is 12.4 Å². The number of nitrogen functional groups attached to an aromatic ring is 1. The van der Waals surface area contributed by atoms with Crippen molar-refractivity contribution in [2.45, 2.75) is 12.8 Å². The second kappa shape index (κ2) is 8.48. The van der Waals surface area contributed by atoms with Gasteiger partial charge in [0.25, 0.3) is 0 Å². The van der Waals surface area contributed by atoms with Gasteiger partial charge in [-0.05, 0) is 18.6 Å². The first-order valence-corrected chi connectivity index (χ1v) is 8.10. The summed E-state index contributed by atoms with van der Waals surface area (Å²) >= 11 is 0. The molecular formula is C13H20N2O5S. The highest BCUT2D eigenvalue weighted by atomic mass is 32.2. The Hall–Kier alpha value is -1.80. The van der Waals surface area contributed by atoms with Crippen molar-refractivity contribution in [1.29, 1.82) is 0 Å². The molecule has 21 heavy (non-hydrogen) atoms. The van der Waals surface area contributed by atoms with Crippen LogP contribution in [0.2, 0.25) is 0 Å². The number of ether oxygens (including phenoxy) is 2. The van der Waals surface area contributed by atoms with E-state index in [-0.39, 0.29) is 31.7 Å². The number of rotatable bonds is 9. The van der Waals surface area contributed by atoms with Gasteiger partial charge in [-0.15, -0.1) is 0 Å². The minimum atomic E-state index is -3.41. The SMILES string of the molecule is COC(=O)CCCS(=O)(=O)NCCOc1cccc(N)c1. The number of methoxy groups -OCH3 is 1. The molecule has 0 aliphatic heterocycles. The Morgan fingerprint density at radius 3 is 2.81 bits per heavy atom. The van der Waals surface area contributed by atoms with E-state index in [0.717, 1.165) is 0 Å². The molecule has 0 unspecified atom stereocenters. The van der Waals surface area contributed by atoms with Crippen molar-refractivity contribution in [1.82, 2.24) is 4.72 Å².